The van der Waals surface area contributed by atoms with Crippen LogP contribution < -0.4 is 0 Å². The van der Waals surface area contributed by atoms with Crippen molar-refractivity contribution >= 4 is 19.0 Å². The van der Waals surface area contributed by atoms with E-state index < -0.39 is 0 Å². The second-order valence-electron chi connectivity index (χ2n) is 2.15. The minimum Gasteiger partial charge on any atom is -0.184 e. The smallest absolute Gasteiger partial charge is 0.171 e. The standard InChI is InChI=1S/2C6H5.Ag.HI/c2*1-2-4-6-5-3-1;;/h2*1-5H;;1H/q2*-1;+1;/p-1. The van der Waals surface area contributed by atoms with Gasteiger partial charge in [0, 0.05) is 0 Å². The average molecular weight is 389 g/mol. The van der Waals surface area contributed by atoms with Crippen molar-refractivity contribution in [3.8, 4) is 0 Å². The molecule has 0 heterocycles. The van der Waals surface area contributed by atoms with E-state index in [0.29, 0.717) is 0 Å². The molecular formula is C12H10AgI-2. The van der Waals surface area contributed by atoms with Crippen molar-refractivity contribution in [3.63, 3.8) is 0 Å². The summed E-state index contributed by atoms with van der Waals surface area (Å²) in [4.78, 5) is 0. The monoisotopic (exact) mass is 388 g/mol. The topological polar surface area (TPSA) is 0 Å². The molecular weight excluding hydrogens is 379 g/mol. The van der Waals surface area contributed by atoms with E-state index in [2.05, 4.69) is 29.4 Å². The van der Waals surface area contributed by atoms with E-state index in [1.165, 1.54) is 0 Å². The van der Waals surface area contributed by atoms with Crippen molar-refractivity contribution in [2.45, 2.75) is 0 Å². The van der Waals surface area contributed by atoms with Gasteiger partial charge in [-0.3, -0.25) is 0 Å². The molecule has 2 rings (SSSR count). The summed E-state index contributed by atoms with van der Waals surface area (Å²) in [6, 6.07) is 25.0. The zero-order valence-electron chi connectivity index (χ0n) is 7.45. The van der Waals surface area contributed by atoms with Crippen molar-refractivity contribution in [1.82, 2.24) is 0 Å². The van der Waals surface area contributed by atoms with Crippen molar-refractivity contribution in [2.24, 2.45) is 0 Å². The van der Waals surface area contributed by atoms with Crippen LogP contribution in [0, 0.1) is 12.1 Å². The van der Waals surface area contributed by atoms with Gasteiger partial charge in [0.25, 0.3) is 0 Å². The number of hydrogen-bond acceptors (Lipinski definition) is 0. The van der Waals surface area contributed by atoms with E-state index in [4.69, 9.17) is 0 Å². The predicted octanol–water partition coefficient (Wildman–Crippen LogP) is 3.86. The molecule has 0 aromatic heterocycles. The number of rotatable bonds is 0. The van der Waals surface area contributed by atoms with Gasteiger partial charge in [-0.1, -0.05) is 0 Å². The molecule has 0 radical (unpaired) electrons. The first-order valence-electron chi connectivity index (χ1n) is 3.94. The Balaban J connectivity index is 0.000000206. The molecule has 0 aliphatic rings. The van der Waals surface area contributed by atoms with Gasteiger partial charge in [0.15, 0.2) is 0 Å². The van der Waals surface area contributed by atoms with Crippen LogP contribution in [0.25, 0.3) is 0 Å². The molecule has 14 heavy (non-hydrogen) atoms. The van der Waals surface area contributed by atoms with Crippen LogP contribution in [0.15, 0.2) is 60.7 Å². The second-order valence-corrected chi connectivity index (χ2v) is 2.15. The fourth-order valence-electron chi connectivity index (χ4n) is 0.684. The molecule has 2 aromatic carbocycles. The Morgan fingerprint density at radius 2 is 0.857 bits per heavy atom. The zero-order chi connectivity index (χ0) is 10.5. The van der Waals surface area contributed by atoms with Gasteiger partial charge < -0.3 is 0 Å². The third-order valence-electron chi connectivity index (χ3n) is 1.21. The molecule has 2 aromatic rings. The molecule has 0 aliphatic carbocycles. The summed E-state index contributed by atoms with van der Waals surface area (Å²) in [7, 11) is 0. The fraction of sp³-hybridized carbons (Fsp3) is 0. The predicted molar refractivity (Wildman–Crippen MR) is 64.6 cm³/mol. The van der Waals surface area contributed by atoms with Crippen molar-refractivity contribution in [3.05, 3.63) is 72.8 Å². The summed E-state index contributed by atoms with van der Waals surface area (Å²) >= 11 is 4.88. The van der Waals surface area contributed by atoms with Gasteiger partial charge in [-0.05, 0) is 0 Å². The van der Waals surface area contributed by atoms with E-state index in [9.17, 15) is 0 Å². The van der Waals surface area contributed by atoms with E-state index in [1.807, 2.05) is 79.7 Å². The summed E-state index contributed by atoms with van der Waals surface area (Å²) in [6.07, 6.45) is 0. The molecule has 0 nitrogen and oxygen atoms in total. The van der Waals surface area contributed by atoms with E-state index in [-0.39, 0.29) is 0 Å². The Bertz CT molecular complexity index is 186. The molecule has 2 heteroatoms. The normalized spacial score (nSPS) is 7.36. The molecule has 0 N–H and O–H groups in total. The summed E-state index contributed by atoms with van der Waals surface area (Å²) in [5.74, 6) is 0. The SMILES string of the molecule is [Ag][I].[c-]1ccccc1.[c-]1ccccc1. The molecule has 0 atom stereocenters. The Morgan fingerprint density at radius 1 is 0.571 bits per heavy atom. The Labute approximate surface area is 108 Å². The third-order valence-corrected chi connectivity index (χ3v) is 1.21. The minimum absolute atomic E-state index is 1.88. The van der Waals surface area contributed by atoms with Crippen LogP contribution in [0.2, 0.25) is 0 Å². The van der Waals surface area contributed by atoms with Gasteiger partial charge in [0.05, 0.1) is 0 Å². The first-order chi connectivity index (χ1) is 7.00. The van der Waals surface area contributed by atoms with Crippen LogP contribution in [0.4, 0.5) is 0 Å². The first-order valence-corrected chi connectivity index (χ1v) is 8.34. The third kappa shape index (κ3) is 9.99. The molecule has 78 valence electrons. The maximum atomic E-state index is 2.92. The molecule has 0 saturated heterocycles. The molecule has 0 saturated carbocycles. The van der Waals surface area contributed by atoms with Gasteiger partial charge in [-0.15, -0.1) is 0 Å². The molecule has 0 aliphatic heterocycles. The molecule has 0 unspecified atom stereocenters. The molecule has 0 fully saturated rings. The van der Waals surface area contributed by atoms with Crippen LogP contribution in [0.1, 0.15) is 0 Å². The van der Waals surface area contributed by atoms with E-state index in [0.717, 1.165) is 0 Å². The van der Waals surface area contributed by atoms with Gasteiger partial charge in [0.1, 0.15) is 0 Å². The second kappa shape index (κ2) is 12.9. The zero-order valence-corrected chi connectivity index (χ0v) is 11.1. The van der Waals surface area contributed by atoms with E-state index in [1.54, 1.807) is 0 Å². The Hall–Kier alpha value is -0.0897. The van der Waals surface area contributed by atoms with Crippen LogP contribution in [-0.2, 0) is 17.3 Å². The van der Waals surface area contributed by atoms with Gasteiger partial charge in [-0.2, -0.15) is 72.8 Å². The largest absolute Gasteiger partial charge is 0.184 e. The fourth-order valence-corrected chi connectivity index (χ4v) is 0.684. The average Bonchev–Trinajstić information content (AvgIpc) is 2.37. The van der Waals surface area contributed by atoms with Crippen LogP contribution in [0.5, 0.6) is 0 Å². The molecule has 0 spiro atoms. The first kappa shape index (κ1) is 13.9. The minimum atomic E-state index is 1.88. The summed E-state index contributed by atoms with van der Waals surface area (Å²) in [5.41, 5.74) is 0. The van der Waals surface area contributed by atoms with Crippen LogP contribution >= 0.6 is 19.0 Å². The van der Waals surface area contributed by atoms with Crippen LogP contribution in [-0.4, -0.2) is 0 Å². The summed E-state index contributed by atoms with van der Waals surface area (Å²) < 4.78 is 0. The molecule has 0 amide bonds. The maximum Gasteiger partial charge on any atom is -0.171 e. The van der Waals surface area contributed by atoms with Gasteiger partial charge in [-0.25, -0.2) is 0 Å². The van der Waals surface area contributed by atoms with Gasteiger partial charge in [0.2, 0.25) is 0 Å². The molecule has 0 bridgehead atoms. The Morgan fingerprint density at radius 3 is 0.929 bits per heavy atom. The van der Waals surface area contributed by atoms with Crippen molar-refractivity contribution in [1.29, 1.82) is 0 Å². The number of benzene rings is 2. The maximum absolute atomic E-state index is 2.92. The summed E-state index contributed by atoms with van der Waals surface area (Å²) in [5, 5.41) is 0. The van der Waals surface area contributed by atoms with E-state index >= 15 is 0 Å². The number of halogens is 1. The number of hydrogen-bond donors (Lipinski definition) is 0. The summed E-state index contributed by atoms with van der Waals surface area (Å²) in [6.45, 7) is 0. The Kier molecular flexibility index (Phi) is 12.8. The van der Waals surface area contributed by atoms with Crippen molar-refractivity contribution < 1.29 is 17.3 Å². The van der Waals surface area contributed by atoms with Gasteiger partial charge >= 0.3 is 36.3 Å². The quantitative estimate of drug-likeness (QED) is 0.365. The van der Waals surface area contributed by atoms with Crippen molar-refractivity contribution in [2.75, 3.05) is 0 Å². The van der Waals surface area contributed by atoms with Crippen LogP contribution in [0.3, 0.4) is 0 Å².